The van der Waals surface area contributed by atoms with Gasteiger partial charge in [0, 0.05) is 23.3 Å². The van der Waals surface area contributed by atoms with Crippen LogP contribution in [0.15, 0.2) is 47.9 Å². The molecule has 6 nitrogen and oxygen atoms in total. The van der Waals surface area contributed by atoms with Gasteiger partial charge in [-0.2, -0.15) is 13.2 Å². The van der Waals surface area contributed by atoms with E-state index in [0.717, 1.165) is 6.08 Å². The Balaban J connectivity index is 3.04. The van der Waals surface area contributed by atoms with Crippen molar-refractivity contribution >= 4 is 17.5 Å². The van der Waals surface area contributed by atoms with Gasteiger partial charge in [-0.3, -0.25) is 4.79 Å². The maximum Gasteiger partial charge on any atom is 0.415 e. The van der Waals surface area contributed by atoms with Crippen LogP contribution in [0.2, 0.25) is 5.02 Å². The molecule has 0 fully saturated rings. The summed E-state index contributed by atoms with van der Waals surface area (Å²) < 4.78 is 47.7. The third kappa shape index (κ3) is 7.80. The Bertz CT molecular complexity index is 815. The van der Waals surface area contributed by atoms with E-state index in [1.807, 2.05) is 0 Å². The van der Waals surface area contributed by atoms with E-state index >= 15 is 0 Å². The van der Waals surface area contributed by atoms with Crippen molar-refractivity contribution in [3.8, 4) is 5.75 Å². The number of aliphatic hydroxyl groups is 1. The van der Waals surface area contributed by atoms with Gasteiger partial charge in [0.25, 0.3) is 5.91 Å². The van der Waals surface area contributed by atoms with Crippen LogP contribution in [0.5, 0.6) is 5.75 Å². The number of ether oxygens (including phenoxy) is 2. The molecule has 10 heteroatoms. The van der Waals surface area contributed by atoms with Crippen molar-refractivity contribution in [2.45, 2.75) is 19.7 Å². The zero-order valence-corrected chi connectivity index (χ0v) is 16.5. The molecular formula is C19H21ClF3NO5. The molecule has 0 unspecified atom stereocenters. The molecule has 0 atom stereocenters. The largest absolute Gasteiger partial charge is 0.510 e. The van der Waals surface area contributed by atoms with Crippen LogP contribution >= 0.6 is 11.6 Å². The van der Waals surface area contributed by atoms with Crippen LogP contribution in [-0.2, 0) is 16.1 Å². The summed E-state index contributed by atoms with van der Waals surface area (Å²) in [5.74, 6) is -1.76. The number of carbonyl (C=O) groups is 1. The van der Waals surface area contributed by atoms with Crippen LogP contribution in [0, 0.1) is 0 Å². The number of benzene rings is 1. The van der Waals surface area contributed by atoms with Crippen LogP contribution < -0.4 is 5.32 Å². The van der Waals surface area contributed by atoms with Crippen molar-refractivity contribution in [3.05, 3.63) is 64.0 Å². The van der Waals surface area contributed by atoms with Crippen molar-refractivity contribution < 1.29 is 37.7 Å². The van der Waals surface area contributed by atoms with Crippen LogP contribution in [0.4, 0.5) is 13.2 Å². The Labute approximate surface area is 170 Å². The van der Waals surface area contributed by atoms with Crippen molar-refractivity contribution in [2.24, 2.45) is 0 Å². The first-order valence-corrected chi connectivity index (χ1v) is 8.58. The lowest BCUT2D eigenvalue weighted by Crippen LogP contribution is -2.23. The van der Waals surface area contributed by atoms with E-state index in [1.54, 1.807) is 0 Å². The van der Waals surface area contributed by atoms with E-state index in [0.29, 0.717) is 12.7 Å². The molecule has 0 saturated heterocycles. The fourth-order valence-electron chi connectivity index (χ4n) is 1.98. The summed E-state index contributed by atoms with van der Waals surface area (Å²) in [4.78, 5) is 12.5. The number of phenolic OH excluding ortho intramolecular Hbond substituents is 1. The van der Waals surface area contributed by atoms with E-state index < -0.39 is 29.2 Å². The predicted molar refractivity (Wildman–Crippen MR) is 102 cm³/mol. The number of phenols is 1. The third-order valence-electron chi connectivity index (χ3n) is 3.54. The van der Waals surface area contributed by atoms with E-state index in [2.05, 4.69) is 11.9 Å². The number of methoxy groups -OCH3 is 1. The Morgan fingerprint density at radius 3 is 2.52 bits per heavy atom. The van der Waals surface area contributed by atoms with Crippen LogP contribution in [0.1, 0.15) is 22.8 Å². The highest BCUT2D eigenvalue weighted by Crippen LogP contribution is 2.28. The van der Waals surface area contributed by atoms with E-state index in [9.17, 15) is 28.2 Å². The number of alkyl halides is 3. The fourth-order valence-corrected chi connectivity index (χ4v) is 2.22. The molecule has 1 aromatic carbocycles. The van der Waals surface area contributed by atoms with E-state index in [1.165, 1.54) is 26.2 Å². The summed E-state index contributed by atoms with van der Waals surface area (Å²) in [5, 5.41) is 22.3. The first kappa shape index (κ1) is 24.5. The standard InChI is InChI=1S/C19H21ClF3NO5/c1-11(19(21,22)23)4-5-16(12(2)25)24-18(27)15-9-14(20)8-13(17(15)26)10-29-7-6-28-3/h4-5,8-9,25-26H,1,6-7,10H2,2-3H3,(H,24,27)/b5-4-,16-12-. The van der Waals surface area contributed by atoms with Gasteiger partial charge in [0.1, 0.15) is 11.5 Å². The molecular weight excluding hydrogens is 415 g/mol. The minimum Gasteiger partial charge on any atom is -0.510 e. The number of nitrogens with one attached hydrogen (secondary N) is 1. The summed E-state index contributed by atoms with van der Waals surface area (Å²) >= 11 is 5.97. The first-order chi connectivity index (χ1) is 13.5. The molecule has 1 rings (SSSR count). The summed E-state index contributed by atoms with van der Waals surface area (Å²) in [6.07, 6.45) is -3.21. The van der Waals surface area contributed by atoms with E-state index in [4.69, 9.17) is 21.1 Å². The number of rotatable bonds is 9. The van der Waals surface area contributed by atoms with Gasteiger partial charge >= 0.3 is 6.18 Å². The number of carbonyl (C=O) groups excluding carboxylic acids is 1. The van der Waals surface area contributed by atoms with Gasteiger partial charge in [-0.25, -0.2) is 0 Å². The molecule has 0 aliphatic heterocycles. The zero-order chi connectivity index (χ0) is 22.2. The van der Waals surface area contributed by atoms with Crippen molar-refractivity contribution in [2.75, 3.05) is 20.3 Å². The van der Waals surface area contributed by atoms with Crippen LogP contribution in [0.25, 0.3) is 0 Å². The number of hydrogen-bond acceptors (Lipinski definition) is 5. The molecule has 0 aromatic heterocycles. The quantitative estimate of drug-likeness (QED) is 0.304. The Kier molecular flexibility index (Phi) is 9.22. The molecule has 0 aliphatic rings. The molecule has 1 amide bonds. The summed E-state index contributed by atoms with van der Waals surface area (Å²) in [7, 11) is 1.50. The minimum atomic E-state index is -4.65. The number of allylic oxidation sites excluding steroid dienone is 4. The summed E-state index contributed by atoms with van der Waals surface area (Å²) in [6.45, 7) is 4.55. The highest BCUT2D eigenvalue weighted by molar-refractivity contribution is 6.31. The average Bonchev–Trinajstić information content (AvgIpc) is 2.62. The normalized spacial score (nSPS) is 12.8. The predicted octanol–water partition coefficient (Wildman–Crippen LogP) is 4.40. The van der Waals surface area contributed by atoms with Crippen molar-refractivity contribution in [1.82, 2.24) is 5.32 Å². The molecule has 1 aromatic rings. The Morgan fingerprint density at radius 1 is 1.31 bits per heavy atom. The average molecular weight is 436 g/mol. The van der Waals surface area contributed by atoms with Crippen LogP contribution in [0.3, 0.4) is 0 Å². The van der Waals surface area contributed by atoms with Crippen LogP contribution in [-0.4, -0.2) is 42.6 Å². The lowest BCUT2D eigenvalue weighted by molar-refractivity contribution is -0.0878. The first-order valence-electron chi connectivity index (χ1n) is 8.20. The second kappa shape index (κ2) is 10.9. The van der Waals surface area contributed by atoms with Gasteiger partial charge in [-0.1, -0.05) is 18.2 Å². The minimum absolute atomic E-state index is 0.0525. The zero-order valence-electron chi connectivity index (χ0n) is 15.8. The number of hydrogen-bond donors (Lipinski definition) is 3. The van der Waals surface area contributed by atoms with Gasteiger partial charge in [-0.15, -0.1) is 0 Å². The van der Waals surface area contributed by atoms with Gasteiger partial charge in [-0.05, 0) is 31.2 Å². The van der Waals surface area contributed by atoms with Gasteiger partial charge in [0.15, 0.2) is 0 Å². The molecule has 29 heavy (non-hydrogen) atoms. The van der Waals surface area contributed by atoms with E-state index in [-0.39, 0.29) is 35.1 Å². The molecule has 0 aliphatic carbocycles. The number of aromatic hydroxyl groups is 1. The Hall–Kier alpha value is -2.49. The lowest BCUT2D eigenvalue weighted by atomic mass is 10.1. The SMILES string of the molecule is C=C(/C=C\C(NC(=O)c1cc(Cl)cc(COCCOC)c1O)=C(/C)O)C(F)(F)F. The van der Waals surface area contributed by atoms with Crippen molar-refractivity contribution in [1.29, 1.82) is 0 Å². The number of aliphatic hydroxyl groups excluding tert-OH is 1. The topological polar surface area (TPSA) is 88.0 Å². The molecule has 0 saturated carbocycles. The van der Waals surface area contributed by atoms with Crippen molar-refractivity contribution in [3.63, 3.8) is 0 Å². The highest BCUT2D eigenvalue weighted by atomic mass is 35.5. The molecule has 3 N–H and O–H groups in total. The molecule has 0 heterocycles. The second-order valence-corrected chi connectivity index (χ2v) is 6.25. The lowest BCUT2D eigenvalue weighted by Gasteiger charge is -2.13. The van der Waals surface area contributed by atoms with Gasteiger partial charge in [0.05, 0.1) is 31.1 Å². The summed E-state index contributed by atoms with van der Waals surface area (Å²) in [6, 6.07) is 2.58. The maximum absolute atomic E-state index is 12.5. The molecule has 0 radical (unpaired) electrons. The molecule has 0 bridgehead atoms. The fraction of sp³-hybridized carbons (Fsp3) is 0.316. The molecule has 0 spiro atoms. The number of amides is 1. The second-order valence-electron chi connectivity index (χ2n) is 5.82. The Morgan fingerprint density at radius 2 is 1.97 bits per heavy atom. The number of halogens is 4. The summed E-state index contributed by atoms with van der Waals surface area (Å²) in [5.41, 5.74) is -1.50. The third-order valence-corrected chi connectivity index (χ3v) is 3.76. The van der Waals surface area contributed by atoms with Gasteiger partial charge < -0.3 is 25.0 Å². The molecule has 160 valence electrons. The van der Waals surface area contributed by atoms with Gasteiger partial charge in [0.2, 0.25) is 0 Å². The smallest absolute Gasteiger partial charge is 0.415 e. The highest BCUT2D eigenvalue weighted by Gasteiger charge is 2.30. The maximum atomic E-state index is 12.5. The monoisotopic (exact) mass is 435 g/mol.